The second kappa shape index (κ2) is 4.86. The van der Waals surface area contributed by atoms with Crippen LogP contribution >= 0.6 is 0 Å². The molecule has 0 bridgehead atoms. The van der Waals surface area contributed by atoms with E-state index in [0.29, 0.717) is 0 Å². The number of rotatable bonds is 2. The van der Waals surface area contributed by atoms with Gasteiger partial charge < -0.3 is 5.11 Å². The zero-order valence-corrected chi connectivity index (χ0v) is 9.96. The molecule has 0 aliphatic carbocycles. The highest BCUT2D eigenvalue weighted by molar-refractivity contribution is 5.38. The Labute approximate surface area is 111 Å². The fourth-order valence-electron chi connectivity index (χ4n) is 1.92. The summed E-state index contributed by atoms with van der Waals surface area (Å²) in [5.74, 6) is -1.96. The first kappa shape index (κ1) is 14.5. The third kappa shape index (κ3) is 2.27. The first-order chi connectivity index (χ1) is 9.26. The van der Waals surface area contributed by atoms with Crippen LogP contribution in [-0.4, -0.2) is 11.3 Å². The molecular weight excluding hydrogens is 279 g/mol. The average Bonchev–Trinajstić information content (AvgIpc) is 2.38. The fraction of sp³-hybridized carbons (Fsp3) is 0.143. The van der Waals surface area contributed by atoms with Crippen molar-refractivity contribution < 1.29 is 27.1 Å². The lowest BCUT2D eigenvalue weighted by molar-refractivity contribution is -0.249. The summed E-state index contributed by atoms with van der Waals surface area (Å²) in [5, 5.41) is 10.1. The van der Waals surface area contributed by atoms with Gasteiger partial charge in [-0.25, -0.2) is 8.78 Å². The molecule has 0 aromatic heterocycles. The van der Waals surface area contributed by atoms with Gasteiger partial charge in [-0.05, 0) is 23.8 Å². The molecule has 20 heavy (non-hydrogen) atoms. The van der Waals surface area contributed by atoms with Crippen molar-refractivity contribution in [3.05, 3.63) is 71.3 Å². The van der Waals surface area contributed by atoms with Crippen LogP contribution in [0.4, 0.5) is 22.0 Å². The van der Waals surface area contributed by atoms with Gasteiger partial charge in [-0.15, -0.1) is 0 Å². The van der Waals surface area contributed by atoms with Gasteiger partial charge >= 0.3 is 6.18 Å². The minimum Gasteiger partial charge on any atom is -0.372 e. The number of aliphatic hydroxyl groups is 1. The molecule has 6 heteroatoms. The summed E-state index contributed by atoms with van der Waals surface area (Å²) in [6, 6.07) is 7.13. The Morgan fingerprint density at radius 3 is 1.85 bits per heavy atom. The first-order valence-electron chi connectivity index (χ1n) is 5.57. The second-order valence-electron chi connectivity index (χ2n) is 4.19. The molecule has 0 aliphatic rings. The van der Waals surface area contributed by atoms with E-state index in [9.17, 15) is 27.1 Å². The van der Waals surface area contributed by atoms with E-state index in [1.54, 1.807) is 0 Å². The summed E-state index contributed by atoms with van der Waals surface area (Å²) in [6.07, 6.45) is -5.16. The molecule has 0 saturated heterocycles. The average molecular weight is 288 g/mol. The molecule has 0 heterocycles. The highest BCUT2D eigenvalue weighted by Gasteiger charge is 2.57. The molecule has 106 valence electrons. The second-order valence-corrected chi connectivity index (χ2v) is 4.19. The van der Waals surface area contributed by atoms with Crippen LogP contribution < -0.4 is 0 Å². The summed E-state index contributed by atoms with van der Waals surface area (Å²) >= 11 is 0. The zero-order valence-electron chi connectivity index (χ0n) is 9.96. The number of hydrogen-bond acceptors (Lipinski definition) is 1. The molecule has 0 aliphatic heterocycles. The van der Waals surface area contributed by atoms with Crippen LogP contribution in [0, 0.1) is 11.6 Å². The highest BCUT2D eigenvalue weighted by Crippen LogP contribution is 2.44. The Morgan fingerprint density at radius 1 is 0.800 bits per heavy atom. The van der Waals surface area contributed by atoms with Gasteiger partial charge in [0.1, 0.15) is 11.6 Å². The van der Waals surface area contributed by atoms with E-state index in [-0.39, 0.29) is 0 Å². The van der Waals surface area contributed by atoms with Crippen LogP contribution in [-0.2, 0) is 5.60 Å². The molecule has 1 N–H and O–H groups in total. The molecule has 0 spiro atoms. The monoisotopic (exact) mass is 288 g/mol. The largest absolute Gasteiger partial charge is 0.425 e. The molecular formula is C14H9F5O. The molecule has 2 aromatic rings. The fourth-order valence-corrected chi connectivity index (χ4v) is 1.92. The molecule has 0 saturated carbocycles. The number of halogens is 5. The predicted octanol–water partition coefficient (Wildman–Crippen LogP) is 3.76. The molecule has 2 aromatic carbocycles. The summed E-state index contributed by atoms with van der Waals surface area (Å²) in [6.45, 7) is 0. The van der Waals surface area contributed by atoms with Crippen molar-refractivity contribution in [2.75, 3.05) is 0 Å². The van der Waals surface area contributed by atoms with E-state index < -0.39 is 34.5 Å². The van der Waals surface area contributed by atoms with E-state index >= 15 is 0 Å². The molecule has 1 atom stereocenters. The maximum atomic E-state index is 13.6. The standard InChI is InChI=1S/C14H9F5O/c15-10-7-5-9(6-8-10)13(20,14(17,18)19)11-3-1-2-4-12(11)16/h1-8,20H. The van der Waals surface area contributed by atoms with Crippen LogP contribution in [0.3, 0.4) is 0 Å². The van der Waals surface area contributed by atoms with Gasteiger partial charge in [0.15, 0.2) is 0 Å². The maximum absolute atomic E-state index is 13.6. The van der Waals surface area contributed by atoms with Crippen LogP contribution in [0.2, 0.25) is 0 Å². The molecule has 0 radical (unpaired) electrons. The van der Waals surface area contributed by atoms with E-state index in [0.717, 1.165) is 36.4 Å². The van der Waals surface area contributed by atoms with Gasteiger partial charge in [-0.2, -0.15) is 13.2 Å². The van der Waals surface area contributed by atoms with Gasteiger partial charge in [0, 0.05) is 5.56 Å². The molecule has 1 unspecified atom stereocenters. The van der Waals surface area contributed by atoms with Crippen molar-refractivity contribution in [3.63, 3.8) is 0 Å². The summed E-state index contributed by atoms with van der Waals surface area (Å²) in [5.41, 5.74) is -5.12. The minimum atomic E-state index is -5.16. The van der Waals surface area contributed by atoms with Gasteiger partial charge in [0.2, 0.25) is 5.60 Å². The smallest absolute Gasteiger partial charge is 0.372 e. The van der Waals surface area contributed by atoms with Gasteiger partial charge in [0.25, 0.3) is 0 Å². The highest BCUT2D eigenvalue weighted by atomic mass is 19.4. The van der Waals surface area contributed by atoms with Gasteiger partial charge in [0.05, 0.1) is 0 Å². The van der Waals surface area contributed by atoms with Crippen molar-refractivity contribution in [3.8, 4) is 0 Å². The Bertz CT molecular complexity index is 606. The quantitative estimate of drug-likeness (QED) is 0.834. The summed E-state index contributed by atoms with van der Waals surface area (Å²) in [4.78, 5) is 0. The maximum Gasteiger partial charge on any atom is 0.425 e. The lowest BCUT2D eigenvalue weighted by atomic mass is 9.85. The van der Waals surface area contributed by atoms with Crippen LogP contribution in [0.15, 0.2) is 48.5 Å². The first-order valence-corrected chi connectivity index (χ1v) is 5.57. The van der Waals surface area contributed by atoms with E-state index in [1.165, 1.54) is 12.1 Å². The molecule has 0 amide bonds. The normalized spacial score (nSPS) is 14.9. The number of alkyl halides is 3. The number of hydrogen-bond donors (Lipinski definition) is 1. The van der Waals surface area contributed by atoms with E-state index in [4.69, 9.17) is 0 Å². The summed E-state index contributed by atoms with van der Waals surface area (Å²) < 4.78 is 66.2. The van der Waals surface area contributed by atoms with Crippen LogP contribution in [0.25, 0.3) is 0 Å². The Kier molecular flexibility index (Phi) is 3.52. The molecule has 2 rings (SSSR count). The van der Waals surface area contributed by atoms with Gasteiger partial charge in [-0.1, -0.05) is 30.3 Å². The van der Waals surface area contributed by atoms with Crippen molar-refractivity contribution in [2.45, 2.75) is 11.8 Å². The third-order valence-corrected chi connectivity index (χ3v) is 2.94. The SMILES string of the molecule is OC(c1ccc(F)cc1)(c1ccccc1F)C(F)(F)F. The predicted molar refractivity (Wildman–Crippen MR) is 61.9 cm³/mol. The zero-order chi connectivity index (χ0) is 15.0. The van der Waals surface area contributed by atoms with Crippen molar-refractivity contribution in [2.24, 2.45) is 0 Å². The van der Waals surface area contributed by atoms with Crippen LogP contribution in [0.1, 0.15) is 11.1 Å². The number of benzene rings is 2. The van der Waals surface area contributed by atoms with Crippen molar-refractivity contribution >= 4 is 0 Å². The van der Waals surface area contributed by atoms with Crippen LogP contribution in [0.5, 0.6) is 0 Å². The third-order valence-electron chi connectivity index (χ3n) is 2.94. The lowest BCUT2D eigenvalue weighted by Gasteiger charge is -2.31. The van der Waals surface area contributed by atoms with Crippen molar-refractivity contribution in [1.29, 1.82) is 0 Å². The van der Waals surface area contributed by atoms with Gasteiger partial charge in [-0.3, -0.25) is 0 Å². The Balaban J connectivity index is 2.70. The minimum absolute atomic E-state index is 0.656. The summed E-state index contributed by atoms with van der Waals surface area (Å²) in [7, 11) is 0. The van der Waals surface area contributed by atoms with E-state index in [1.807, 2.05) is 0 Å². The molecule has 1 nitrogen and oxygen atoms in total. The van der Waals surface area contributed by atoms with Crippen molar-refractivity contribution in [1.82, 2.24) is 0 Å². The Morgan fingerprint density at radius 2 is 1.35 bits per heavy atom. The topological polar surface area (TPSA) is 20.2 Å². The van der Waals surface area contributed by atoms with E-state index in [2.05, 4.69) is 0 Å². The lowest BCUT2D eigenvalue weighted by Crippen LogP contribution is -2.44. The Hall–Kier alpha value is -1.95. The molecule has 0 fully saturated rings.